The zero-order chi connectivity index (χ0) is 25.8. The highest BCUT2D eigenvalue weighted by Crippen LogP contribution is 2.28. The number of fused-ring (bicyclic) bond motifs is 1. The van der Waals surface area contributed by atoms with Gasteiger partial charge in [0.1, 0.15) is 11.4 Å². The van der Waals surface area contributed by atoms with Gasteiger partial charge >= 0.3 is 0 Å². The van der Waals surface area contributed by atoms with Crippen LogP contribution in [0.4, 0.5) is 5.69 Å². The number of benzene rings is 3. The van der Waals surface area contributed by atoms with E-state index in [1.54, 1.807) is 14.0 Å². The average molecular weight is 490 g/mol. The summed E-state index contributed by atoms with van der Waals surface area (Å²) < 4.78 is 7.25. The second-order valence-corrected chi connectivity index (χ2v) is 8.83. The number of carbonyl (C=O) groups is 2. The van der Waals surface area contributed by atoms with Gasteiger partial charge < -0.3 is 14.5 Å². The number of aryl methyl sites for hydroxylation is 1. The van der Waals surface area contributed by atoms with Crippen molar-refractivity contribution in [2.24, 2.45) is 0 Å². The molecule has 5 aromatic rings. The molecule has 0 spiro atoms. The van der Waals surface area contributed by atoms with E-state index in [2.05, 4.69) is 9.72 Å². The van der Waals surface area contributed by atoms with Crippen molar-refractivity contribution >= 4 is 23.0 Å². The minimum atomic E-state index is -0.0740. The molecule has 0 saturated carbocycles. The Bertz CT molecular complexity index is 1550. The lowest BCUT2D eigenvalue weighted by molar-refractivity contribution is -0.116. The first-order chi connectivity index (χ1) is 18.0. The van der Waals surface area contributed by atoms with Crippen LogP contribution in [0.1, 0.15) is 29.4 Å². The fourth-order valence-electron chi connectivity index (χ4n) is 4.36. The van der Waals surface area contributed by atoms with Crippen LogP contribution in [-0.2, 0) is 11.2 Å². The van der Waals surface area contributed by atoms with Crippen LogP contribution in [0, 0.1) is 0 Å². The molecule has 0 bridgehead atoms. The van der Waals surface area contributed by atoms with Crippen molar-refractivity contribution in [3.05, 3.63) is 108 Å². The molecular formula is C31H27N3O3. The topological polar surface area (TPSA) is 72.7 Å². The number of nitrogens with zero attached hydrogens (tertiary/aromatic N) is 2. The Morgan fingerprint density at radius 2 is 1.54 bits per heavy atom. The van der Waals surface area contributed by atoms with Gasteiger partial charge in [-0.2, -0.15) is 0 Å². The summed E-state index contributed by atoms with van der Waals surface area (Å²) in [4.78, 5) is 29.4. The average Bonchev–Trinajstić information content (AvgIpc) is 3.30. The lowest BCUT2D eigenvalue weighted by Gasteiger charge is -2.09. The minimum Gasteiger partial charge on any atom is -0.497 e. The van der Waals surface area contributed by atoms with Gasteiger partial charge in [-0.3, -0.25) is 9.59 Å². The summed E-state index contributed by atoms with van der Waals surface area (Å²) in [5.74, 6) is 0.706. The van der Waals surface area contributed by atoms with Gasteiger partial charge in [-0.15, -0.1) is 0 Å². The number of hydrogen-bond donors (Lipinski definition) is 1. The fraction of sp³-hybridized carbons (Fsp3) is 0.129. The first kappa shape index (κ1) is 24.0. The van der Waals surface area contributed by atoms with Gasteiger partial charge in [-0.05, 0) is 60.9 Å². The van der Waals surface area contributed by atoms with Crippen molar-refractivity contribution < 1.29 is 14.3 Å². The Hall–Kier alpha value is -4.71. The molecule has 184 valence electrons. The van der Waals surface area contributed by atoms with E-state index in [1.165, 1.54) is 0 Å². The van der Waals surface area contributed by atoms with Crippen molar-refractivity contribution in [1.29, 1.82) is 0 Å². The summed E-state index contributed by atoms with van der Waals surface area (Å²) in [6.07, 6.45) is 2.87. The summed E-state index contributed by atoms with van der Waals surface area (Å²) in [5.41, 5.74) is 7.06. The van der Waals surface area contributed by atoms with Crippen LogP contribution < -0.4 is 10.1 Å². The van der Waals surface area contributed by atoms with Gasteiger partial charge in [0.2, 0.25) is 5.91 Å². The maximum absolute atomic E-state index is 12.8. The molecule has 1 amide bonds. The smallest absolute Gasteiger partial charge is 0.224 e. The van der Waals surface area contributed by atoms with Crippen LogP contribution in [0.2, 0.25) is 0 Å². The van der Waals surface area contributed by atoms with Crippen molar-refractivity contribution in [2.45, 2.75) is 19.8 Å². The molecule has 0 atom stereocenters. The van der Waals surface area contributed by atoms with E-state index in [1.807, 2.05) is 97.2 Å². The monoisotopic (exact) mass is 489 g/mol. The number of ketones is 1. The molecule has 6 heteroatoms. The van der Waals surface area contributed by atoms with Crippen molar-refractivity contribution in [3.8, 4) is 28.1 Å². The molecule has 0 aliphatic rings. The number of methoxy groups -OCH3 is 1. The lowest BCUT2D eigenvalue weighted by Crippen LogP contribution is -2.13. The first-order valence-corrected chi connectivity index (χ1v) is 12.1. The number of aromatic nitrogens is 2. The largest absolute Gasteiger partial charge is 0.497 e. The molecular weight excluding hydrogens is 462 g/mol. The highest BCUT2D eigenvalue weighted by molar-refractivity contribution is 5.94. The predicted molar refractivity (Wildman–Crippen MR) is 146 cm³/mol. The van der Waals surface area contributed by atoms with Gasteiger partial charge in [0.25, 0.3) is 0 Å². The minimum absolute atomic E-state index is 0.0410. The zero-order valence-corrected chi connectivity index (χ0v) is 20.8. The highest BCUT2D eigenvalue weighted by atomic mass is 16.5. The molecule has 0 aliphatic heterocycles. The number of anilines is 1. The molecule has 0 saturated heterocycles. The molecule has 1 N–H and O–H groups in total. The van der Waals surface area contributed by atoms with E-state index in [0.717, 1.165) is 45.2 Å². The lowest BCUT2D eigenvalue weighted by atomic mass is 10.0. The number of hydrogen-bond acceptors (Lipinski definition) is 4. The molecule has 0 radical (unpaired) electrons. The summed E-state index contributed by atoms with van der Waals surface area (Å²) in [6, 6.07) is 28.9. The molecule has 0 fully saturated rings. The molecule has 3 aromatic carbocycles. The Kier molecular flexibility index (Phi) is 6.81. The predicted octanol–water partition coefficient (Wildman–Crippen LogP) is 6.45. The Labute approximate surface area is 215 Å². The van der Waals surface area contributed by atoms with Crippen molar-refractivity contribution in [2.75, 3.05) is 12.4 Å². The summed E-state index contributed by atoms with van der Waals surface area (Å²) in [7, 11) is 1.61. The molecule has 0 unspecified atom stereocenters. The Balaban J connectivity index is 1.46. The van der Waals surface area contributed by atoms with Gasteiger partial charge in [0.15, 0.2) is 5.78 Å². The molecule has 5 rings (SSSR count). The van der Waals surface area contributed by atoms with Gasteiger partial charge in [-0.1, -0.05) is 54.6 Å². The van der Waals surface area contributed by atoms with Crippen LogP contribution >= 0.6 is 0 Å². The van der Waals surface area contributed by atoms with E-state index >= 15 is 0 Å². The first-order valence-electron chi connectivity index (χ1n) is 12.1. The van der Waals surface area contributed by atoms with Crippen LogP contribution in [0.25, 0.3) is 28.0 Å². The SMILES string of the molecule is COc1ccc(NC(=O)CCc2c(-c3ccccc3)nc3ccc(-c4ccc(C(C)=O)cc4)cn23)cc1. The van der Waals surface area contributed by atoms with Crippen molar-refractivity contribution in [1.82, 2.24) is 9.38 Å². The third kappa shape index (κ3) is 5.28. The fourth-order valence-corrected chi connectivity index (χ4v) is 4.36. The van der Waals surface area contributed by atoms with E-state index < -0.39 is 0 Å². The van der Waals surface area contributed by atoms with E-state index in [0.29, 0.717) is 18.4 Å². The number of pyridine rings is 1. The van der Waals surface area contributed by atoms with E-state index in [-0.39, 0.29) is 11.7 Å². The van der Waals surface area contributed by atoms with Crippen LogP contribution in [-0.4, -0.2) is 28.2 Å². The van der Waals surface area contributed by atoms with Gasteiger partial charge in [0, 0.05) is 29.4 Å². The van der Waals surface area contributed by atoms with E-state index in [4.69, 9.17) is 9.72 Å². The summed E-state index contributed by atoms with van der Waals surface area (Å²) >= 11 is 0. The van der Waals surface area contributed by atoms with Crippen LogP contribution in [0.3, 0.4) is 0 Å². The number of imidazole rings is 1. The normalized spacial score (nSPS) is 10.9. The second kappa shape index (κ2) is 10.5. The van der Waals surface area contributed by atoms with Gasteiger partial charge in [0.05, 0.1) is 18.5 Å². The second-order valence-electron chi connectivity index (χ2n) is 8.83. The molecule has 2 heterocycles. The number of carbonyl (C=O) groups excluding carboxylic acids is 2. The number of rotatable bonds is 8. The van der Waals surface area contributed by atoms with Crippen LogP contribution in [0.15, 0.2) is 97.2 Å². The zero-order valence-electron chi connectivity index (χ0n) is 20.8. The van der Waals surface area contributed by atoms with Crippen molar-refractivity contribution in [3.63, 3.8) is 0 Å². The summed E-state index contributed by atoms with van der Waals surface area (Å²) in [5, 5.41) is 2.96. The third-order valence-corrected chi connectivity index (χ3v) is 6.35. The molecule has 2 aromatic heterocycles. The number of Topliss-reactive ketones (excluding diaryl/α,β-unsaturated/α-hetero) is 1. The Morgan fingerprint density at radius 3 is 2.22 bits per heavy atom. The van der Waals surface area contributed by atoms with E-state index in [9.17, 15) is 9.59 Å². The quantitative estimate of drug-likeness (QED) is 0.254. The maximum atomic E-state index is 12.8. The third-order valence-electron chi connectivity index (χ3n) is 6.35. The number of amides is 1. The summed E-state index contributed by atoms with van der Waals surface area (Å²) in [6.45, 7) is 1.56. The number of ether oxygens (including phenoxy) is 1. The standard InChI is InChI=1S/C31H27N3O3/c1-21(35)22-8-10-23(11-9-22)25-12-18-29-33-31(24-6-4-3-5-7-24)28(34(29)20-25)17-19-30(36)32-26-13-15-27(37-2)16-14-26/h3-16,18,20H,17,19H2,1-2H3,(H,32,36). The van der Waals surface area contributed by atoms with Crippen LogP contribution in [0.5, 0.6) is 5.75 Å². The maximum Gasteiger partial charge on any atom is 0.224 e. The van der Waals surface area contributed by atoms with Gasteiger partial charge in [-0.25, -0.2) is 4.98 Å². The molecule has 0 aliphatic carbocycles. The number of nitrogens with one attached hydrogen (secondary N) is 1. The molecule has 6 nitrogen and oxygen atoms in total. The Morgan fingerprint density at radius 1 is 0.838 bits per heavy atom. The molecule has 37 heavy (non-hydrogen) atoms. The highest BCUT2D eigenvalue weighted by Gasteiger charge is 2.16.